The van der Waals surface area contributed by atoms with Crippen LogP contribution in [0.25, 0.3) is 0 Å². The van der Waals surface area contributed by atoms with Gasteiger partial charge in [-0.1, -0.05) is 0 Å². The first-order valence-electron chi connectivity index (χ1n) is 5.65. The lowest BCUT2D eigenvalue weighted by Gasteiger charge is -2.08. The minimum absolute atomic E-state index is 0.0410. The van der Waals surface area contributed by atoms with Crippen LogP contribution in [0.3, 0.4) is 0 Å². The van der Waals surface area contributed by atoms with Crippen LogP contribution in [-0.4, -0.2) is 21.1 Å². The first kappa shape index (κ1) is 14.9. The van der Waals surface area contributed by atoms with Crippen molar-refractivity contribution in [1.29, 1.82) is 0 Å². The highest BCUT2D eigenvalue weighted by Gasteiger charge is 2.12. The number of ether oxygens (including phenoxy) is 1. The van der Waals surface area contributed by atoms with Crippen molar-refractivity contribution in [3.05, 3.63) is 35.1 Å². The van der Waals surface area contributed by atoms with E-state index in [1.54, 1.807) is 13.8 Å². The highest BCUT2D eigenvalue weighted by molar-refractivity contribution is 7.99. The Labute approximate surface area is 123 Å². The summed E-state index contributed by atoms with van der Waals surface area (Å²) < 4.78 is 31.9. The van der Waals surface area contributed by atoms with E-state index in [1.165, 1.54) is 0 Å². The van der Waals surface area contributed by atoms with E-state index >= 15 is 0 Å². The molecule has 0 amide bonds. The molecule has 1 aromatic carbocycles. The van der Waals surface area contributed by atoms with E-state index in [4.69, 9.17) is 16.3 Å². The molecule has 20 heavy (non-hydrogen) atoms. The van der Waals surface area contributed by atoms with Gasteiger partial charge in [-0.05, 0) is 55.4 Å². The van der Waals surface area contributed by atoms with Gasteiger partial charge in [-0.15, -0.1) is 0 Å². The maximum absolute atomic E-state index is 13.5. The standard InChI is InChI=1S/C12H10ClF2N3OS/c1-6(2)19-11-16-10(13)17-12(18-11)20-9-5-7(14)3-4-8(9)15/h3-6H,1-2H3. The van der Waals surface area contributed by atoms with E-state index in [-0.39, 0.29) is 27.4 Å². The Morgan fingerprint density at radius 1 is 1.20 bits per heavy atom. The number of hydrogen-bond acceptors (Lipinski definition) is 5. The molecule has 1 aromatic heterocycles. The Balaban J connectivity index is 2.28. The summed E-state index contributed by atoms with van der Waals surface area (Å²) in [6.45, 7) is 3.60. The fourth-order valence-corrected chi connectivity index (χ4v) is 2.27. The van der Waals surface area contributed by atoms with Gasteiger partial charge in [0, 0.05) is 0 Å². The highest BCUT2D eigenvalue weighted by atomic mass is 35.5. The summed E-state index contributed by atoms with van der Waals surface area (Å²) in [5, 5.41) is 0.0557. The Morgan fingerprint density at radius 2 is 1.95 bits per heavy atom. The predicted molar refractivity (Wildman–Crippen MR) is 71.1 cm³/mol. The summed E-state index contributed by atoms with van der Waals surface area (Å²) in [6.07, 6.45) is -0.141. The fourth-order valence-electron chi connectivity index (χ4n) is 1.28. The third-order valence-corrected chi connectivity index (χ3v) is 3.07. The van der Waals surface area contributed by atoms with Crippen LogP contribution in [0.4, 0.5) is 8.78 Å². The normalized spacial score (nSPS) is 10.9. The zero-order valence-electron chi connectivity index (χ0n) is 10.6. The van der Waals surface area contributed by atoms with Crippen LogP contribution in [0.5, 0.6) is 6.01 Å². The lowest BCUT2D eigenvalue weighted by atomic mass is 10.3. The molecule has 0 radical (unpaired) electrons. The molecule has 8 heteroatoms. The van der Waals surface area contributed by atoms with Crippen LogP contribution in [0, 0.1) is 11.6 Å². The molecule has 2 aromatic rings. The topological polar surface area (TPSA) is 47.9 Å². The first-order valence-corrected chi connectivity index (χ1v) is 6.84. The summed E-state index contributed by atoms with van der Waals surface area (Å²) >= 11 is 6.59. The van der Waals surface area contributed by atoms with E-state index in [1.807, 2.05) is 0 Å². The molecule has 0 fully saturated rings. The van der Waals surface area contributed by atoms with Crippen molar-refractivity contribution in [2.75, 3.05) is 0 Å². The van der Waals surface area contributed by atoms with Gasteiger partial charge in [0.05, 0.1) is 11.0 Å². The highest BCUT2D eigenvalue weighted by Crippen LogP contribution is 2.29. The molecule has 4 nitrogen and oxygen atoms in total. The molecular weight excluding hydrogens is 308 g/mol. The minimum atomic E-state index is -0.570. The molecular formula is C12H10ClF2N3OS. The van der Waals surface area contributed by atoms with Crippen molar-refractivity contribution in [2.45, 2.75) is 30.0 Å². The minimum Gasteiger partial charge on any atom is -0.461 e. The molecule has 0 spiro atoms. The number of aromatic nitrogens is 3. The Bertz CT molecular complexity index is 628. The lowest BCUT2D eigenvalue weighted by molar-refractivity contribution is 0.219. The van der Waals surface area contributed by atoms with Crippen molar-refractivity contribution in [2.24, 2.45) is 0 Å². The zero-order valence-corrected chi connectivity index (χ0v) is 12.2. The molecule has 0 bridgehead atoms. The van der Waals surface area contributed by atoms with Gasteiger partial charge in [0.1, 0.15) is 11.6 Å². The molecule has 1 heterocycles. The summed E-state index contributed by atoms with van der Waals surface area (Å²) in [5.41, 5.74) is 0. The van der Waals surface area contributed by atoms with Crippen molar-refractivity contribution < 1.29 is 13.5 Å². The first-order chi connectivity index (χ1) is 9.44. The molecule has 0 aliphatic heterocycles. The van der Waals surface area contributed by atoms with Gasteiger partial charge in [-0.3, -0.25) is 0 Å². The third kappa shape index (κ3) is 4.01. The van der Waals surface area contributed by atoms with Crippen LogP contribution >= 0.6 is 23.4 Å². The van der Waals surface area contributed by atoms with Crippen LogP contribution < -0.4 is 4.74 Å². The number of halogens is 3. The van der Waals surface area contributed by atoms with E-state index < -0.39 is 11.6 Å². The van der Waals surface area contributed by atoms with Crippen molar-refractivity contribution in [3.8, 4) is 6.01 Å². The van der Waals surface area contributed by atoms with Gasteiger partial charge >= 0.3 is 6.01 Å². The molecule has 0 aliphatic carbocycles. The van der Waals surface area contributed by atoms with Crippen LogP contribution in [-0.2, 0) is 0 Å². The van der Waals surface area contributed by atoms with E-state index in [0.717, 1.165) is 30.0 Å². The van der Waals surface area contributed by atoms with E-state index in [2.05, 4.69) is 15.0 Å². The zero-order chi connectivity index (χ0) is 14.7. The van der Waals surface area contributed by atoms with Crippen LogP contribution in [0.2, 0.25) is 5.28 Å². The van der Waals surface area contributed by atoms with Crippen LogP contribution in [0.1, 0.15) is 13.8 Å². The van der Waals surface area contributed by atoms with Crippen LogP contribution in [0.15, 0.2) is 28.3 Å². The van der Waals surface area contributed by atoms with Gasteiger partial charge < -0.3 is 4.74 Å². The average molecular weight is 318 g/mol. The maximum Gasteiger partial charge on any atom is 0.322 e. The van der Waals surface area contributed by atoms with E-state index in [0.29, 0.717) is 0 Å². The second-order valence-corrected chi connectivity index (χ2v) is 5.36. The molecule has 0 N–H and O–H groups in total. The smallest absolute Gasteiger partial charge is 0.322 e. The number of hydrogen-bond donors (Lipinski definition) is 0. The van der Waals surface area contributed by atoms with Gasteiger partial charge in [-0.25, -0.2) is 8.78 Å². The summed E-state index contributed by atoms with van der Waals surface area (Å²) in [4.78, 5) is 11.7. The SMILES string of the molecule is CC(C)Oc1nc(Cl)nc(Sc2cc(F)ccc2F)n1. The molecule has 0 atom stereocenters. The molecule has 0 saturated carbocycles. The third-order valence-electron chi connectivity index (χ3n) is 2.00. The monoisotopic (exact) mass is 317 g/mol. The summed E-state index contributed by atoms with van der Waals surface area (Å²) in [5.74, 6) is -1.12. The van der Waals surface area contributed by atoms with Gasteiger partial charge in [0.25, 0.3) is 0 Å². The summed E-state index contributed by atoms with van der Waals surface area (Å²) in [7, 11) is 0. The summed E-state index contributed by atoms with van der Waals surface area (Å²) in [6, 6.07) is 3.17. The van der Waals surface area contributed by atoms with E-state index in [9.17, 15) is 8.78 Å². The Morgan fingerprint density at radius 3 is 2.65 bits per heavy atom. The Kier molecular flexibility index (Phi) is 4.72. The maximum atomic E-state index is 13.5. The Hall–Kier alpha value is -1.47. The van der Waals surface area contributed by atoms with Gasteiger partial charge in [-0.2, -0.15) is 15.0 Å². The van der Waals surface area contributed by atoms with Crippen molar-refractivity contribution in [1.82, 2.24) is 15.0 Å². The van der Waals surface area contributed by atoms with Crippen molar-refractivity contribution >= 4 is 23.4 Å². The van der Waals surface area contributed by atoms with Crippen molar-refractivity contribution in [3.63, 3.8) is 0 Å². The second-order valence-electron chi connectivity index (χ2n) is 4.01. The quantitative estimate of drug-likeness (QED) is 0.859. The average Bonchev–Trinajstić information content (AvgIpc) is 2.32. The predicted octanol–water partition coefficient (Wildman–Crippen LogP) is 3.74. The van der Waals surface area contributed by atoms with Gasteiger partial charge in [0.2, 0.25) is 5.28 Å². The second kappa shape index (κ2) is 6.32. The molecule has 0 unspecified atom stereocenters. The lowest BCUT2D eigenvalue weighted by Crippen LogP contribution is -2.09. The fraction of sp³-hybridized carbons (Fsp3) is 0.250. The molecule has 2 rings (SSSR count). The largest absolute Gasteiger partial charge is 0.461 e. The molecule has 106 valence electrons. The number of nitrogens with zero attached hydrogens (tertiary/aromatic N) is 3. The van der Waals surface area contributed by atoms with Gasteiger partial charge in [0.15, 0.2) is 5.16 Å². The number of benzene rings is 1. The number of rotatable bonds is 4. The molecule has 0 aliphatic rings. The molecule has 0 saturated heterocycles.